The Morgan fingerprint density at radius 1 is 1.17 bits per heavy atom. The van der Waals surface area contributed by atoms with Crippen molar-refractivity contribution in [2.75, 3.05) is 11.6 Å². The lowest BCUT2D eigenvalue weighted by Crippen LogP contribution is -2.38. The van der Waals surface area contributed by atoms with Crippen LogP contribution >= 0.6 is 0 Å². The van der Waals surface area contributed by atoms with Gasteiger partial charge >= 0.3 is 6.18 Å². The molecule has 1 aliphatic rings. The molecule has 0 atom stereocenters. The molecule has 1 aromatic rings. The highest BCUT2D eigenvalue weighted by Gasteiger charge is 2.63. The topological polar surface area (TPSA) is 46.2 Å². The minimum atomic E-state index is -4.29. The van der Waals surface area contributed by atoms with Crippen LogP contribution in [0, 0.1) is 0 Å². The summed E-state index contributed by atoms with van der Waals surface area (Å²) in [6, 6.07) is 5.29. The van der Waals surface area contributed by atoms with Gasteiger partial charge in [0.15, 0.2) is 9.84 Å². The Kier molecular flexibility index (Phi) is 2.84. The largest absolute Gasteiger partial charge is 0.411 e. The van der Waals surface area contributed by atoms with Gasteiger partial charge in [0, 0.05) is 11.9 Å². The highest BCUT2D eigenvalue weighted by atomic mass is 32.2. The first-order valence-electron chi connectivity index (χ1n) is 5.29. The number of rotatable bonds is 3. The maximum Gasteiger partial charge on any atom is 0.411 e. The molecule has 0 heterocycles. The smallest absolute Gasteiger partial charge is 0.372 e. The molecule has 0 unspecified atom stereocenters. The van der Waals surface area contributed by atoms with E-state index in [1.54, 1.807) is 0 Å². The van der Waals surface area contributed by atoms with Crippen molar-refractivity contribution in [3.8, 4) is 0 Å². The van der Waals surface area contributed by atoms with Crippen LogP contribution in [0.1, 0.15) is 12.8 Å². The van der Waals surface area contributed by atoms with Gasteiger partial charge in [-0.1, -0.05) is 0 Å². The molecule has 1 fully saturated rings. The van der Waals surface area contributed by atoms with Gasteiger partial charge in [0.2, 0.25) is 0 Å². The third-order valence-corrected chi connectivity index (χ3v) is 4.09. The van der Waals surface area contributed by atoms with Gasteiger partial charge in [0.1, 0.15) is 5.54 Å². The lowest BCUT2D eigenvalue weighted by atomic mass is 10.2. The number of hydrogen-bond acceptors (Lipinski definition) is 3. The van der Waals surface area contributed by atoms with Crippen LogP contribution in [0.15, 0.2) is 29.2 Å². The van der Waals surface area contributed by atoms with E-state index in [9.17, 15) is 21.6 Å². The van der Waals surface area contributed by atoms with Gasteiger partial charge in [0.25, 0.3) is 0 Å². The van der Waals surface area contributed by atoms with Crippen LogP contribution < -0.4 is 5.32 Å². The number of halogens is 3. The fourth-order valence-corrected chi connectivity index (χ4v) is 2.30. The molecule has 1 aromatic carbocycles. The number of anilines is 1. The van der Waals surface area contributed by atoms with Gasteiger partial charge in [-0.15, -0.1) is 0 Å². The molecule has 0 aliphatic heterocycles. The van der Waals surface area contributed by atoms with Crippen molar-refractivity contribution in [2.24, 2.45) is 0 Å². The molecule has 0 bridgehead atoms. The van der Waals surface area contributed by atoms with Crippen LogP contribution in [0.5, 0.6) is 0 Å². The summed E-state index contributed by atoms with van der Waals surface area (Å²) in [6.07, 6.45) is -3.15. The van der Waals surface area contributed by atoms with Gasteiger partial charge in [-0.3, -0.25) is 0 Å². The second-order valence-electron chi connectivity index (χ2n) is 4.50. The fourth-order valence-electron chi connectivity index (χ4n) is 1.67. The zero-order valence-electron chi connectivity index (χ0n) is 9.58. The molecule has 0 amide bonds. The molecular weight excluding hydrogens is 267 g/mol. The molecular formula is C11H12F3NO2S. The molecule has 1 aliphatic carbocycles. The van der Waals surface area contributed by atoms with E-state index in [4.69, 9.17) is 0 Å². The summed E-state index contributed by atoms with van der Waals surface area (Å²) in [4.78, 5) is 0.0879. The molecule has 0 aromatic heterocycles. The summed E-state index contributed by atoms with van der Waals surface area (Å²) < 4.78 is 60.5. The first-order valence-corrected chi connectivity index (χ1v) is 7.18. The molecule has 0 spiro atoms. The van der Waals surface area contributed by atoms with Crippen molar-refractivity contribution >= 4 is 15.5 Å². The van der Waals surface area contributed by atoms with Crippen LogP contribution in [0.2, 0.25) is 0 Å². The van der Waals surface area contributed by atoms with Gasteiger partial charge in [-0.2, -0.15) is 13.2 Å². The quantitative estimate of drug-likeness (QED) is 0.925. The van der Waals surface area contributed by atoms with E-state index in [1.807, 2.05) is 0 Å². The third-order valence-electron chi connectivity index (χ3n) is 2.96. The molecule has 18 heavy (non-hydrogen) atoms. The Hall–Kier alpha value is -1.24. The molecule has 3 nitrogen and oxygen atoms in total. The molecule has 2 rings (SSSR count). The van der Waals surface area contributed by atoms with E-state index in [2.05, 4.69) is 5.32 Å². The summed E-state index contributed by atoms with van der Waals surface area (Å²) in [5, 5.41) is 2.43. The Morgan fingerprint density at radius 2 is 1.67 bits per heavy atom. The van der Waals surface area contributed by atoms with Crippen LogP contribution in [-0.2, 0) is 9.84 Å². The normalized spacial score (nSPS) is 18.4. The van der Waals surface area contributed by atoms with E-state index >= 15 is 0 Å². The Bertz CT molecular complexity index is 545. The first kappa shape index (κ1) is 13.2. The SMILES string of the molecule is CS(=O)(=O)c1ccc(NC2(C(F)(F)F)CC2)cc1. The number of alkyl halides is 3. The monoisotopic (exact) mass is 279 g/mol. The number of sulfone groups is 1. The summed E-state index contributed by atoms with van der Waals surface area (Å²) in [5.74, 6) is 0. The van der Waals surface area contributed by atoms with Crippen molar-refractivity contribution in [2.45, 2.75) is 29.5 Å². The lowest BCUT2D eigenvalue weighted by Gasteiger charge is -2.21. The van der Waals surface area contributed by atoms with Crippen molar-refractivity contribution in [1.29, 1.82) is 0 Å². The molecule has 0 radical (unpaired) electrons. The maximum absolute atomic E-state index is 12.7. The number of benzene rings is 1. The second kappa shape index (κ2) is 3.88. The minimum absolute atomic E-state index is 0.0460. The third kappa shape index (κ3) is 2.45. The van der Waals surface area contributed by atoms with Crippen LogP contribution in [0.4, 0.5) is 18.9 Å². The molecule has 1 saturated carbocycles. The Balaban J connectivity index is 2.18. The average Bonchev–Trinajstić information content (AvgIpc) is 2.97. The van der Waals surface area contributed by atoms with E-state index in [0.717, 1.165) is 6.26 Å². The Labute approximate surface area is 103 Å². The summed E-state index contributed by atoms with van der Waals surface area (Å²) in [7, 11) is -3.33. The zero-order chi connectivity index (χ0) is 13.6. The van der Waals surface area contributed by atoms with E-state index in [0.29, 0.717) is 0 Å². The minimum Gasteiger partial charge on any atom is -0.372 e. The van der Waals surface area contributed by atoms with Gasteiger partial charge in [-0.25, -0.2) is 8.42 Å². The predicted octanol–water partition coefficient (Wildman–Crippen LogP) is 2.60. The number of hydrogen-bond donors (Lipinski definition) is 1. The predicted molar refractivity (Wildman–Crippen MR) is 61.2 cm³/mol. The highest BCUT2D eigenvalue weighted by Crippen LogP contribution is 2.51. The van der Waals surface area contributed by atoms with Crippen molar-refractivity contribution < 1.29 is 21.6 Å². The van der Waals surface area contributed by atoms with Crippen LogP contribution in [-0.4, -0.2) is 26.4 Å². The summed E-state index contributed by atoms with van der Waals surface area (Å²) in [6.45, 7) is 0. The zero-order valence-corrected chi connectivity index (χ0v) is 10.4. The van der Waals surface area contributed by atoms with Crippen molar-refractivity contribution in [1.82, 2.24) is 0 Å². The Morgan fingerprint density at radius 3 is 2.00 bits per heavy atom. The van der Waals surface area contributed by atoms with Gasteiger partial charge in [-0.05, 0) is 37.1 Å². The van der Waals surface area contributed by atoms with E-state index in [1.165, 1.54) is 24.3 Å². The fraction of sp³-hybridized carbons (Fsp3) is 0.455. The summed E-state index contributed by atoms with van der Waals surface area (Å²) in [5.41, 5.74) is -1.56. The second-order valence-corrected chi connectivity index (χ2v) is 6.52. The summed E-state index contributed by atoms with van der Waals surface area (Å²) >= 11 is 0. The molecule has 7 heteroatoms. The molecule has 0 saturated heterocycles. The van der Waals surface area contributed by atoms with E-state index in [-0.39, 0.29) is 23.4 Å². The lowest BCUT2D eigenvalue weighted by molar-refractivity contribution is -0.151. The maximum atomic E-state index is 12.7. The van der Waals surface area contributed by atoms with E-state index < -0.39 is 21.6 Å². The number of nitrogens with one attached hydrogen (secondary N) is 1. The highest BCUT2D eigenvalue weighted by molar-refractivity contribution is 7.90. The van der Waals surface area contributed by atoms with Gasteiger partial charge in [0.05, 0.1) is 4.90 Å². The molecule has 1 N–H and O–H groups in total. The molecule has 100 valence electrons. The van der Waals surface area contributed by atoms with Crippen molar-refractivity contribution in [3.05, 3.63) is 24.3 Å². The standard InChI is InChI=1S/C11H12F3NO2S/c1-18(16,17)9-4-2-8(3-5-9)15-10(6-7-10)11(12,13)14/h2-5,15H,6-7H2,1H3. The van der Waals surface area contributed by atoms with Gasteiger partial charge < -0.3 is 5.32 Å². The van der Waals surface area contributed by atoms with Crippen LogP contribution in [0.25, 0.3) is 0 Å². The van der Waals surface area contributed by atoms with Crippen molar-refractivity contribution in [3.63, 3.8) is 0 Å². The van der Waals surface area contributed by atoms with Crippen LogP contribution in [0.3, 0.4) is 0 Å². The first-order chi connectivity index (χ1) is 8.14. The average molecular weight is 279 g/mol.